The minimum atomic E-state index is -0.327. The molecule has 0 saturated carbocycles. The molecule has 0 aliphatic heterocycles. The second-order valence-corrected chi connectivity index (χ2v) is 3.90. The third kappa shape index (κ3) is 3.63. The Bertz CT molecular complexity index is 329. The summed E-state index contributed by atoms with van der Waals surface area (Å²) in [7, 11) is 0. The first kappa shape index (κ1) is 12.2. The zero-order valence-corrected chi connectivity index (χ0v) is 9.48. The van der Waals surface area contributed by atoms with Gasteiger partial charge in [-0.05, 0) is 25.0 Å². The van der Waals surface area contributed by atoms with Crippen LogP contribution in [0.5, 0.6) is 0 Å². The van der Waals surface area contributed by atoms with Gasteiger partial charge in [-0.2, -0.15) is 0 Å². The van der Waals surface area contributed by atoms with Crippen LogP contribution in [0.1, 0.15) is 31.7 Å². The van der Waals surface area contributed by atoms with E-state index in [0.717, 1.165) is 6.42 Å². The summed E-state index contributed by atoms with van der Waals surface area (Å²) in [4.78, 5) is 11.3. The third-order valence-electron chi connectivity index (χ3n) is 2.24. The smallest absolute Gasteiger partial charge is 0.133 e. The van der Waals surface area contributed by atoms with Crippen molar-refractivity contribution in [3.8, 4) is 0 Å². The van der Waals surface area contributed by atoms with Crippen LogP contribution in [0.2, 0.25) is 5.02 Å². The van der Waals surface area contributed by atoms with Crippen LogP contribution in [-0.4, -0.2) is 5.78 Å². The van der Waals surface area contributed by atoms with E-state index in [4.69, 9.17) is 11.6 Å². The number of ketones is 1. The molecule has 1 aromatic carbocycles. The van der Waals surface area contributed by atoms with Crippen LogP contribution >= 0.6 is 11.6 Å². The first-order chi connectivity index (χ1) is 7.15. The van der Waals surface area contributed by atoms with Crippen molar-refractivity contribution in [1.82, 2.24) is 0 Å². The van der Waals surface area contributed by atoms with Gasteiger partial charge in [0.2, 0.25) is 0 Å². The van der Waals surface area contributed by atoms with Gasteiger partial charge in [-0.15, -0.1) is 0 Å². The number of carbonyl (C=O) groups is 1. The summed E-state index contributed by atoms with van der Waals surface area (Å²) in [6, 6.07) is 4.57. The maximum absolute atomic E-state index is 13.3. The van der Waals surface area contributed by atoms with E-state index in [1.165, 1.54) is 6.07 Å². The van der Waals surface area contributed by atoms with E-state index in [9.17, 15) is 9.18 Å². The van der Waals surface area contributed by atoms with Crippen molar-refractivity contribution < 1.29 is 9.18 Å². The minimum absolute atomic E-state index is 0.164. The summed E-state index contributed by atoms with van der Waals surface area (Å²) in [6.07, 6.45) is 2.16. The molecule has 3 heteroatoms. The lowest BCUT2D eigenvalue weighted by Crippen LogP contribution is -2.01. The number of hydrogen-bond acceptors (Lipinski definition) is 1. The monoisotopic (exact) mass is 228 g/mol. The van der Waals surface area contributed by atoms with Crippen LogP contribution in [0, 0.1) is 5.82 Å². The standard InChI is InChI=1S/C12H14ClFO/c1-2-4-9(15)7-8-10-11(13)5-3-6-12(10)14/h3,5-6H,2,4,7-8H2,1H3. The average Bonchev–Trinajstić information content (AvgIpc) is 2.17. The largest absolute Gasteiger partial charge is 0.300 e. The van der Waals surface area contributed by atoms with Gasteiger partial charge in [0, 0.05) is 23.4 Å². The summed E-state index contributed by atoms with van der Waals surface area (Å²) < 4.78 is 13.3. The van der Waals surface area contributed by atoms with Crippen molar-refractivity contribution in [1.29, 1.82) is 0 Å². The lowest BCUT2D eigenvalue weighted by atomic mass is 10.0. The van der Waals surface area contributed by atoms with E-state index in [0.29, 0.717) is 29.8 Å². The molecular formula is C12H14ClFO. The van der Waals surface area contributed by atoms with Crippen LogP contribution < -0.4 is 0 Å². The second-order valence-electron chi connectivity index (χ2n) is 3.49. The maximum atomic E-state index is 13.3. The van der Waals surface area contributed by atoms with E-state index in [2.05, 4.69) is 0 Å². The van der Waals surface area contributed by atoms with Crippen molar-refractivity contribution in [2.75, 3.05) is 0 Å². The zero-order chi connectivity index (χ0) is 11.3. The molecule has 82 valence electrons. The van der Waals surface area contributed by atoms with Crippen molar-refractivity contribution in [2.45, 2.75) is 32.6 Å². The van der Waals surface area contributed by atoms with E-state index in [1.807, 2.05) is 6.92 Å². The van der Waals surface area contributed by atoms with Crippen LogP contribution in [0.3, 0.4) is 0 Å². The van der Waals surface area contributed by atoms with Gasteiger partial charge in [-0.1, -0.05) is 24.6 Å². The Kier molecular flexibility index (Phi) is 4.76. The molecule has 0 fully saturated rings. The molecule has 0 aliphatic carbocycles. The van der Waals surface area contributed by atoms with Gasteiger partial charge < -0.3 is 0 Å². The van der Waals surface area contributed by atoms with Crippen LogP contribution in [0.4, 0.5) is 4.39 Å². The number of halogens is 2. The molecule has 0 heterocycles. The minimum Gasteiger partial charge on any atom is -0.300 e. The Balaban J connectivity index is 2.61. The van der Waals surface area contributed by atoms with Gasteiger partial charge in [0.05, 0.1) is 0 Å². The lowest BCUT2D eigenvalue weighted by molar-refractivity contribution is -0.119. The molecule has 0 unspecified atom stereocenters. The predicted molar refractivity (Wildman–Crippen MR) is 59.6 cm³/mol. The highest BCUT2D eigenvalue weighted by Crippen LogP contribution is 2.20. The first-order valence-corrected chi connectivity index (χ1v) is 5.47. The molecule has 0 aliphatic rings. The van der Waals surface area contributed by atoms with E-state index in [-0.39, 0.29) is 11.6 Å². The Hall–Kier alpha value is -0.890. The van der Waals surface area contributed by atoms with Crippen LogP contribution in [0.15, 0.2) is 18.2 Å². The highest BCUT2D eigenvalue weighted by molar-refractivity contribution is 6.31. The molecule has 1 nitrogen and oxygen atoms in total. The van der Waals surface area contributed by atoms with Crippen LogP contribution in [0.25, 0.3) is 0 Å². The summed E-state index contributed by atoms with van der Waals surface area (Å²) in [5.41, 5.74) is 0.448. The fourth-order valence-electron chi connectivity index (χ4n) is 1.44. The van der Waals surface area contributed by atoms with Crippen molar-refractivity contribution in [2.24, 2.45) is 0 Å². The molecule has 15 heavy (non-hydrogen) atoms. The van der Waals surface area contributed by atoms with Gasteiger partial charge in [0.15, 0.2) is 0 Å². The fraction of sp³-hybridized carbons (Fsp3) is 0.417. The van der Waals surface area contributed by atoms with Gasteiger partial charge in [0.1, 0.15) is 11.6 Å². The number of benzene rings is 1. The number of carbonyl (C=O) groups excluding carboxylic acids is 1. The van der Waals surface area contributed by atoms with E-state index in [1.54, 1.807) is 12.1 Å². The molecule has 0 spiro atoms. The Morgan fingerprint density at radius 3 is 2.73 bits per heavy atom. The molecule has 0 radical (unpaired) electrons. The molecule has 1 rings (SSSR count). The lowest BCUT2D eigenvalue weighted by Gasteiger charge is -2.04. The molecule has 0 N–H and O–H groups in total. The van der Waals surface area contributed by atoms with Gasteiger partial charge in [0.25, 0.3) is 0 Å². The summed E-state index contributed by atoms with van der Waals surface area (Å²) in [5.74, 6) is -0.163. The van der Waals surface area contributed by atoms with Gasteiger partial charge >= 0.3 is 0 Å². The topological polar surface area (TPSA) is 17.1 Å². The molecule has 0 aromatic heterocycles. The van der Waals surface area contributed by atoms with Crippen molar-refractivity contribution in [3.05, 3.63) is 34.6 Å². The average molecular weight is 229 g/mol. The first-order valence-electron chi connectivity index (χ1n) is 5.09. The predicted octanol–water partition coefficient (Wildman–Crippen LogP) is 3.78. The van der Waals surface area contributed by atoms with Crippen molar-refractivity contribution >= 4 is 17.4 Å². The normalized spacial score (nSPS) is 10.3. The van der Waals surface area contributed by atoms with E-state index >= 15 is 0 Å². The molecule has 0 saturated heterocycles. The van der Waals surface area contributed by atoms with Crippen LogP contribution in [-0.2, 0) is 11.2 Å². The number of rotatable bonds is 5. The van der Waals surface area contributed by atoms with Gasteiger partial charge in [-0.25, -0.2) is 4.39 Å². The molecule has 0 bridgehead atoms. The summed E-state index contributed by atoms with van der Waals surface area (Å²) in [5, 5.41) is 0.402. The Morgan fingerprint density at radius 2 is 2.13 bits per heavy atom. The molecule has 0 atom stereocenters. The SMILES string of the molecule is CCCC(=O)CCc1c(F)cccc1Cl. The summed E-state index contributed by atoms with van der Waals surface area (Å²) in [6.45, 7) is 1.95. The fourth-order valence-corrected chi connectivity index (χ4v) is 1.70. The summed E-state index contributed by atoms with van der Waals surface area (Å²) >= 11 is 5.84. The highest BCUT2D eigenvalue weighted by Gasteiger charge is 2.08. The number of hydrogen-bond donors (Lipinski definition) is 0. The number of Topliss-reactive ketones (excluding diaryl/α,β-unsaturated/α-hetero) is 1. The zero-order valence-electron chi connectivity index (χ0n) is 8.72. The van der Waals surface area contributed by atoms with Crippen molar-refractivity contribution in [3.63, 3.8) is 0 Å². The second kappa shape index (κ2) is 5.86. The molecule has 0 amide bonds. The van der Waals surface area contributed by atoms with E-state index < -0.39 is 0 Å². The highest BCUT2D eigenvalue weighted by atomic mass is 35.5. The molecule has 1 aromatic rings. The third-order valence-corrected chi connectivity index (χ3v) is 2.60. The van der Waals surface area contributed by atoms with Gasteiger partial charge in [-0.3, -0.25) is 4.79 Å². The Labute approximate surface area is 94.3 Å². The molecular weight excluding hydrogens is 215 g/mol. The Morgan fingerprint density at radius 1 is 1.40 bits per heavy atom. The quantitative estimate of drug-likeness (QED) is 0.750. The maximum Gasteiger partial charge on any atom is 0.133 e.